The maximum atomic E-state index is 9.12. The summed E-state index contributed by atoms with van der Waals surface area (Å²) in [4.78, 5) is 9.10. The van der Waals surface area contributed by atoms with Gasteiger partial charge in [0, 0.05) is 32.4 Å². The number of hydrogen-bond donors (Lipinski definition) is 0. The van der Waals surface area contributed by atoms with Crippen LogP contribution in [0, 0.1) is 11.3 Å². The van der Waals surface area contributed by atoms with E-state index in [1.54, 1.807) is 6.20 Å². The molecule has 0 aromatic carbocycles. The van der Waals surface area contributed by atoms with E-state index in [4.69, 9.17) is 5.26 Å². The Morgan fingerprint density at radius 3 is 2.74 bits per heavy atom. The lowest BCUT2D eigenvalue weighted by molar-refractivity contribution is 0.252. The molecular formula is C15H22N4. The van der Waals surface area contributed by atoms with Crippen molar-refractivity contribution in [2.45, 2.75) is 26.2 Å². The van der Waals surface area contributed by atoms with Crippen LogP contribution in [0.3, 0.4) is 0 Å². The Hall–Kier alpha value is -1.60. The summed E-state index contributed by atoms with van der Waals surface area (Å²) in [5.41, 5.74) is 0.682. The van der Waals surface area contributed by atoms with Crippen molar-refractivity contribution in [1.29, 1.82) is 5.26 Å². The fourth-order valence-electron chi connectivity index (χ4n) is 2.50. The molecule has 0 radical (unpaired) electrons. The van der Waals surface area contributed by atoms with Gasteiger partial charge < -0.3 is 4.90 Å². The molecule has 1 aliphatic heterocycles. The van der Waals surface area contributed by atoms with Gasteiger partial charge in [-0.2, -0.15) is 5.26 Å². The number of anilines is 1. The fourth-order valence-corrected chi connectivity index (χ4v) is 2.50. The molecule has 0 saturated carbocycles. The number of rotatable bonds is 5. The van der Waals surface area contributed by atoms with Crippen LogP contribution >= 0.6 is 0 Å². The van der Waals surface area contributed by atoms with E-state index in [0.717, 1.165) is 32.0 Å². The zero-order valence-electron chi connectivity index (χ0n) is 11.7. The number of unbranched alkanes of at least 4 members (excludes halogenated alkanes) is 2. The van der Waals surface area contributed by atoms with E-state index >= 15 is 0 Å². The van der Waals surface area contributed by atoms with Gasteiger partial charge in [0.05, 0.1) is 5.56 Å². The van der Waals surface area contributed by atoms with Crippen LogP contribution in [0.15, 0.2) is 18.3 Å². The van der Waals surface area contributed by atoms with Gasteiger partial charge in [-0.3, -0.25) is 4.90 Å². The smallest absolute Gasteiger partial charge is 0.146 e. The molecule has 1 aromatic heterocycles. The van der Waals surface area contributed by atoms with E-state index in [9.17, 15) is 0 Å². The normalized spacial score (nSPS) is 16.3. The molecule has 2 heterocycles. The highest BCUT2D eigenvalue weighted by molar-refractivity contribution is 5.53. The molecule has 0 N–H and O–H groups in total. The summed E-state index contributed by atoms with van der Waals surface area (Å²) < 4.78 is 0. The van der Waals surface area contributed by atoms with Crippen LogP contribution in [0.4, 0.5) is 5.82 Å². The molecule has 1 saturated heterocycles. The van der Waals surface area contributed by atoms with Gasteiger partial charge in [-0.25, -0.2) is 4.98 Å². The Balaban J connectivity index is 1.88. The highest BCUT2D eigenvalue weighted by atomic mass is 15.3. The standard InChI is InChI=1S/C15H22N4/c1-2-3-4-8-18-9-11-19(12-10-18)15-14(13-16)6-5-7-17-15/h5-7H,2-4,8-12H2,1H3. The van der Waals surface area contributed by atoms with Crippen molar-refractivity contribution in [2.75, 3.05) is 37.6 Å². The Bertz CT molecular complexity index is 430. The number of aromatic nitrogens is 1. The average Bonchev–Trinajstić information content (AvgIpc) is 2.48. The van der Waals surface area contributed by atoms with E-state index in [-0.39, 0.29) is 0 Å². The van der Waals surface area contributed by atoms with Crippen molar-refractivity contribution in [3.63, 3.8) is 0 Å². The molecule has 0 unspecified atom stereocenters. The first kappa shape index (κ1) is 13.8. The van der Waals surface area contributed by atoms with Gasteiger partial charge in [0.2, 0.25) is 0 Å². The topological polar surface area (TPSA) is 43.2 Å². The van der Waals surface area contributed by atoms with E-state index in [0.29, 0.717) is 5.56 Å². The summed E-state index contributed by atoms with van der Waals surface area (Å²) in [6.45, 7) is 7.53. The molecule has 0 amide bonds. The van der Waals surface area contributed by atoms with Crippen molar-refractivity contribution >= 4 is 5.82 Å². The molecule has 0 bridgehead atoms. The van der Waals surface area contributed by atoms with Gasteiger partial charge in [-0.1, -0.05) is 19.8 Å². The van der Waals surface area contributed by atoms with Crippen molar-refractivity contribution in [2.24, 2.45) is 0 Å². The fraction of sp³-hybridized carbons (Fsp3) is 0.600. The molecule has 0 atom stereocenters. The molecule has 0 aliphatic carbocycles. The molecule has 1 aromatic rings. The Kier molecular flexibility index (Phi) is 5.17. The Labute approximate surface area is 115 Å². The monoisotopic (exact) mass is 258 g/mol. The van der Waals surface area contributed by atoms with E-state index in [2.05, 4.69) is 27.8 Å². The largest absolute Gasteiger partial charge is 0.353 e. The van der Waals surface area contributed by atoms with Crippen molar-refractivity contribution in [3.8, 4) is 6.07 Å². The lowest BCUT2D eigenvalue weighted by Gasteiger charge is -2.35. The third-order valence-electron chi connectivity index (χ3n) is 3.66. The number of nitriles is 1. The molecule has 1 fully saturated rings. The average molecular weight is 258 g/mol. The second-order valence-corrected chi connectivity index (χ2v) is 5.02. The predicted octanol–water partition coefficient (Wildman–Crippen LogP) is 2.27. The van der Waals surface area contributed by atoms with E-state index < -0.39 is 0 Å². The van der Waals surface area contributed by atoms with E-state index in [1.807, 2.05) is 12.1 Å². The minimum Gasteiger partial charge on any atom is -0.353 e. The SMILES string of the molecule is CCCCCN1CCN(c2ncccc2C#N)CC1. The quantitative estimate of drug-likeness (QED) is 0.760. The van der Waals surface area contributed by atoms with Gasteiger partial charge in [0.25, 0.3) is 0 Å². The van der Waals surface area contributed by atoms with Gasteiger partial charge in [-0.15, -0.1) is 0 Å². The third kappa shape index (κ3) is 3.68. The van der Waals surface area contributed by atoms with Gasteiger partial charge in [0.15, 0.2) is 0 Å². The van der Waals surface area contributed by atoms with Gasteiger partial charge >= 0.3 is 0 Å². The lowest BCUT2D eigenvalue weighted by atomic mass is 10.2. The molecule has 0 spiro atoms. The number of pyridine rings is 1. The molecule has 4 nitrogen and oxygen atoms in total. The number of piperazine rings is 1. The summed E-state index contributed by atoms with van der Waals surface area (Å²) in [7, 11) is 0. The van der Waals surface area contributed by atoms with Crippen LogP contribution in [0.25, 0.3) is 0 Å². The van der Waals surface area contributed by atoms with Crippen LogP contribution in [-0.2, 0) is 0 Å². The lowest BCUT2D eigenvalue weighted by Crippen LogP contribution is -2.47. The van der Waals surface area contributed by atoms with Crippen LogP contribution in [0.1, 0.15) is 31.7 Å². The van der Waals surface area contributed by atoms with Gasteiger partial charge in [0.1, 0.15) is 11.9 Å². The van der Waals surface area contributed by atoms with Crippen LogP contribution in [-0.4, -0.2) is 42.6 Å². The minimum absolute atomic E-state index is 0.682. The summed E-state index contributed by atoms with van der Waals surface area (Å²) in [5.74, 6) is 0.846. The van der Waals surface area contributed by atoms with Crippen molar-refractivity contribution < 1.29 is 0 Å². The Morgan fingerprint density at radius 1 is 1.26 bits per heavy atom. The maximum absolute atomic E-state index is 9.12. The first-order valence-electron chi connectivity index (χ1n) is 7.17. The summed E-state index contributed by atoms with van der Waals surface area (Å²) in [6.07, 6.45) is 5.66. The summed E-state index contributed by atoms with van der Waals surface area (Å²) in [6, 6.07) is 5.89. The highest BCUT2D eigenvalue weighted by Gasteiger charge is 2.19. The summed E-state index contributed by atoms with van der Waals surface area (Å²) >= 11 is 0. The predicted molar refractivity (Wildman–Crippen MR) is 77.1 cm³/mol. The first-order valence-corrected chi connectivity index (χ1v) is 7.17. The number of hydrogen-bond acceptors (Lipinski definition) is 4. The molecule has 2 rings (SSSR count). The third-order valence-corrected chi connectivity index (χ3v) is 3.66. The molecule has 19 heavy (non-hydrogen) atoms. The summed E-state index contributed by atoms with van der Waals surface area (Å²) in [5, 5.41) is 9.12. The molecule has 1 aliphatic rings. The second kappa shape index (κ2) is 7.10. The van der Waals surface area contributed by atoms with Crippen LogP contribution in [0.5, 0.6) is 0 Å². The van der Waals surface area contributed by atoms with E-state index in [1.165, 1.54) is 25.8 Å². The number of nitrogens with zero attached hydrogens (tertiary/aromatic N) is 4. The van der Waals surface area contributed by atoms with Crippen LogP contribution < -0.4 is 4.90 Å². The van der Waals surface area contributed by atoms with Gasteiger partial charge in [-0.05, 0) is 25.1 Å². The first-order chi connectivity index (χ1) is 9.35. The zero-order chi connectivity index (χ0) is 13.5. The minimum atomic E-state index is 0.682. The molecule has 102 valence electrons. The maximum Gasteiger partial charge on any atom is 0.146 e. The Morgan fingerprint density at radius 2 is 2.05 bits per heavy atom. The van der Waals surface area contributed by atoms with Crippen molar-refractivity contribution in [3.05, 3.63) is 23.9 Å². The highest BCUT2D eigenvalue weighted by Crippen LogP contribution is 2.18. The molecule has 4 heteroatoms. The second-order valence-electron chi connectivity index (χ2n) is 5.02. The van der Waals surface area contributed by atoms with Crippen LogP contribution in [0.2, 0.25) is 0 Å². The molecular weight excluding hydrogens is 236 g/mol. The van der Waals surface area contributed by atoms with Crippen molar-refractivity contribution in [1.82, 2.24) is 9.88 Å². The zero-order valence-corrected chi connectivity index (χ0v) is 11.7.